The monoisotopic (exact) mass is 263 g/mol. The smallest absolute Gasteiger partial charge is 0.495 e. The highest BCUT2D eigenvalue weighted by molar-refractivity contribution is 6.61. The normalized spacial score (nSPS) is 25.6. The van der Waals surface area contributed by atoms with Gasteiger partial charge >= 0.3 is 7.12 Å². The van der Waals surface area contributed by atoms with Gasteiger partial charge in [0.2, 0.25) is 0 Å². The van der Waals surface area contributed by atoms with Gasteiger partial charge in [0, 0.05) is 0 Å². The Labute approximate surface area is 115 Å². The second-order valence-electron chi connectivity index (χ2n) is 5.68. The molecule has 0 spiro atoms. The molecule has 0 amide bonds. The predicted molar refractivity (Wildman–Crippen MR) is 75.7 cm³/mol. The van der Waals surface area contributed by atoms with Crippen LogP contribution in [0.15, 0.2) is 18.3 Å². The Morgan fingerprint density at radius 2 is 2.00 bits per heavy atom. The van der Waals surface area contributed by atoms with Crippen molar-refractivity contribution in [3.63, 3.8) is 0 Å². The van der Waals surface area contributed by atoms with Crippen molar-refractivity contribution in [2.45, 2.75) is 51.7 Å². The number of hydrogen-bond donors (Lipinski definition) is 0. The molecular weight excluding hydrogens is 241 g/mol. The minimum Gasteiger partial charge on any atom is -0.495 e. The summed E-state index contributed by atoms with van der Waals surface area (Å²) in [5.41, 5.74) is 0.178. The largest absolute Gasteiger partial charge is 0.514 e. The van der Waals surface area contributed by atoms with E-state index in [1.165, 1.54) is 0 Å². The molecule has 0 bridgehead atoms. The van der Waals surface area contributed by atoms with Gasteiger partial charge in [-0.1, -0.05) is 13.3 Å². The fourth-order valence-electron chi connectivity index (χ4n) is 2.40. The maximum atomic E-state index is 6.14. The van der Waals surface area contributed by atoms with Gasteiger partial charge < -0.3 is 14.0 Å². The van der Waals surface area contributed by atoms with Crippen LogP contribution in [0.5, 0.6) is 5.75 Å². The Bertz CT molecular complexity index is 435. The third-order valence-electron chi connectivity index (χ3n) is 4.01. The van der Waals surface area contributed by atoms with Crippen LogP contribution in [-0.2, 0) is 9.31 Å². The quantitative estimate of drug-likeness (QED) is 0.780. The van der Waals surface area contributed by atoms with Crippen molar-refractivity contribution >= 4 is 12.7 Å². The molecule has 104 valence electrons. The molecule has 1 atom stereocenters. The Morgan fingerprint density at radius 3 is 2.53 bits per heavy atom. The van der Waals surface area contributed by atoms with Gasteiger partial charge in [0.25, 0.3) is 0 Å². The molecule has 1 aromatic heterocycles. The molecule has 0 radical (unpaired) electrons. The first kappa shape index (κ1) is 14.3. The highest BCUT2D eigenvalue weighted by Crippen LogP contribution is 2.40. The molecule has 4 nitrogen and oxygen atoms in total. The maximum absolute atomic E-state index is 6.14. The summed E-state index contributed by atoms with van der Waals surface area (Å²) in [7, 11) is 1.22. The molecule has 1 saturated heterocycles. The van der Waals surface area contributed by atoms with E-state index < -0.39 is 7.12 Å². The maximum Gasteiger partial charge on any atom is 0.514 e. The van der Waals surface area contributed by atoms with Crippen molar-refractivity contribution in [1.29, 1.82) is 0 Å². The van der Waals surface area contributed by atoms with Crippen LogP contribution in [0.3, 0.4) is 0 Å². The lowest BCUT2D eigenvalue weighted by atomic mass is 9.83. The van der Waals surface area contributed by atoms with Gasteiger partial charge in [0.05, 0.1) is 30.1 Å². The average Bonchev–Trinajstić information content (AvgIpc) is 2.61. The van der Waals surface area contributed by atoms with E-state index in [1.54, 1.807) is 13.3 Å². The van der Waals surface area contributed by atoms with Crippen LogP contribution >= 0.6 is 0 Å². The molecular formula is C14H22BNO3. The van der Waals surface area contributed by atoms with Gasteiger partial charge in [0.15, 0.2) is 0 Å². The molecule has 19 heavy (non-hydrogen) atoms. The first-order valence-electron chi connectivity index (χ1n) is 6.77. The Hall–Kier alpha value is -1.07. The number of rotatable bonds is 4. The Morgan fingerprint density at radius 1 is 1.26 bits per heavy atom. The SMILES string of the molecule is CCCC1(C)OB(c2ccc(OC)cn2)OC1(C)C. The van der Waals surface area contributed by atoms with Gasteiger partial charge in [-0.3, -0.25) is 4.98 Å². The van der Waals surface area contributed by atoms with Crippen LogP contribution in [0.25, 0.3) is 0 Å². The zero-order valence-corrected chi connectivity index (χ0v) is 12.4. The molecule has 1 aromatic rings. The number of aromatic nitrogens is 1. The average molecular weight is 263 g/mol. The zero-order chi connectivity index (χ0) is 14.1. The van der Waals surface area contributed by atoms with Crippen LogP contribution in [0.1, 0.15) is 40.5 Å². The summed E-state index contributed by atoms with van der Waals surface area (Å²) in [6.45, 7) is 8.42. The second kappa shape index (κ2) is 5.14. The number of pyridine rings is 1. The lowest BCUT2D eigenvalue weighted by Crippen LogP contribution is -2.44. The van der Waals surface area contributed by atoms with Crippen molar-refractivity contribution in [2.75, 3.05) is 7.11 Å². The zero-order valence-electron chi connectivity index (χ0n) is 12.4. The highest BCUT2D eigenvalue weighted by Gasteiger charge is 2.54. The topological polar surface area (TPSA) is 40.6 Å². The van der Waals surface area contributed by atoms with E-state index in [4.69, 9.17) is 14.0 Å². The first-order chi connectivity index (χ1) is 8.92. The van der Waals surface area contributed by atoms with Gasteiger partial charge in [-0.15, -0.1) is 0 Å². The molecule has 0 saturated carbocycles. The summed E-state index contributed by atoms with van der Waals surface area (Å²) >= 11 is 0. The van der Waals surface area contributed by atoms with Gasteiger partial charge in [-0.2, -0.15) is 0 Å². The predicted octanol–water partition coefficient (Wildman–Crippen LogP) is 2.17. The Balaban J connectivity index is 2.19. The molecule has 0 aromatic carbocycles. The van der Waals surface area contributed by atoms with Crippen molar-refractivity contribution in [2.24, 2.45) is 0 Å². The molecule has 1 aliphatic heterocycles. The van der Waals surface area contributed by atoms with E-state index in [0.717, 1.165) is 24.2 Å². The number of ether oxygens (including phenoxy) is 1. The minimum atomic E-state index is -0.405. The molecule has 5 heteroatoms. The van der Waals surface area contributed by atoms with Gasteiger partial charge in [0.1, 0.15) is 5.75 Å². The van der Waals surface area contributed by atoms with Crippen LogP contribution in [0.4, 0.5) is 0 Å². The molecule has 0 aliphatic carbocycles. The molecule has 1 unspecified atom stereocenters. The van der Waals surface area contributed by atoms with Crippen LogP contribution in [-0.4, -0.2) is 30.4 Å². The lowest BCUT2D eigenvalue weighted by molar-refractivity contribution is -0.0159. The Kier molecular flexibility index (Phi) is 3.88. The van der Waals surface area contributed by atoms with Crippen molar-refractivity contribution in [3.8, 4) is 5.75 Å². The third kappa shape index (κ3) is 2.62. The summed E-state index contributed by atoms with van der Waals surface area (Å²) in [5, 5.41) is 0. The molecule has 2 rings (SSSR count). The minimum absolute atomic E-state index is 0.284. The van der Waals surface area contributed by atoms with Gasteiger partial charge in [-0.25, -0.2) is 0 Å². The summed E-state index contributed by atoms with van der Waals surface area (Å²) in [4.78, 5) is 4.35. The van der Waals surface area contributed by atoms with Crippen molar-refractivity contribution < 1.29 is 14.0 Å². The van der Waals surface area contributed by atoms with Crippen molar-refractivity contribution in [1.82, 2.24) is 4.98 Å². The van der Waals surface area contributed by atoms with E-state index >= 15 is 0 Å². The number of hydrogen-bond acceptors (Lipinski definition) is 4. The van der Waals surface area contributed by atoms with E-state index in [1.807, 2.05) is 12.1 Å². The molecule has 0 N–H and O–H groups in total. The second-order valence-corrected chi connectivity index (χ2v) is 5.68. The summed E-state index contributed by atoms with van der Waals surface area (Å²) < 4.78 is 17.3. The van der Waals surface area contributed by atoms with E-state index in [0.29, 0.717) is 0 Å². The fourth-order valence-corrected chi connectivity index (χ4v) is 2.40. The molecule has 2 heterocycles. The third-order valence-corrected chi connectivity index (χ3v) is 4.01. The van der Waals surface area contributed by atoms with E-state index in [9.17, 15) is 0 Å². The number of nitrogens with zero attached hydrogens (tertiary/aromatic N) is 1. The first-order valence-corrected chi connectivity index (χ1v) is 6.77. The molecule has 1 aliphatic rings. The van der Waals surface area contributed by atoms with Crippen molar-refractivity contribution in [3.05, 3.63) is 18.3 Å². The van der Waals surface area contributed by atoms with Gasteiger partial charge in [-0.05, 0) is 39.3 Å². The molecule has 1 fully saturated rings. The summed E-state index contributed by atoms with van der Waals surface area (Å²) in [6, 6.07) is 3.76. The lowest BCUT2D eigenvalue weighted by Gasteiger charge is -2.36. The highest BCUT2D eigenvalue weighted by atomic mass is 16.7. The summed E-state index contributed by atoms with van der Waals surface area (Å²) in [5.74, 6) is 0.734. The van der Waals surface area contributed by atoms with E-state index in [2.05, 4.69) is 32.7 Å². The van der Waals surface area contributed by atoms with Crippen LogP contribution < -0.4 is 10.3 Å². The summed E-state index contributed by atoms with van der Waals surface area (Å²) in [6.07, 6.45) is 3.71. The van der Waals surface area contributed by atoms with Crippen LogP contribution in [0, 0.1) is 0 Å². The standard InChI is InChI=1S/C14H22BNO3/c1-6-9-14(4)13(2,3)18-15(19-14)12-8-7-11(17-5)10-16-12/h7-8,10H,6,9H2,1-5H3. The number of methoxy groups -OCH3 is 1. The van der Waals surface area contributed by atoms with Crippen LogP contribution in [0.2, 0.25) is 0 Å². The van der Waals surface area contributed by atoms with E-state index in [-0.39, 0.29) is 11.2 Å². The fraction of sp³-hybridized carbons (Fsp3) is 0.643.